The van der Waals surface area contributed by atoms with Gasteiger partial charge in [-0.05, 0) is 31.6 Å². The molecule has 0 amide bonds. The maximum atomic E-state index is 13.0. The fourth-order valence-corrected chi connectivity index (χ4v) is 11.9. The van der Waals surface area contributed by atoms with E-state index < -0.39 is 97.5 Å². The largest absolute Gasteiger partial charge is 0.472 e. The Bertz CT molecular complexity index is 1690. The van der Waals surface area contributed by atoms with Gasteiger partial charge in [-0.25, -0.2) is 9.13 Å². The van der Waals surface area contributed by atoms with Gasteiger partial charge in [0.05, 0.1) is 26.4 Å². The van der Waals surface area contributed by atoms with Crippen molar-refractivity contribution in [2.24, 2.45) is 5.92 Å². The van der Waals surface area contributed by atoms with Crippen LogP contribution in [-0.4, -0.2) is 96.7 Å². The van der Waals surface area contributed by atoms with Crippen LogP contribution in [-0.2, 0) is 65.4 Å². The third kappa shape index (κ3) is 62.6. The van der Waals surface area contributed by atoms with E-state index in [0.717, 1.165) is 102 Å². The molecule has 0 rings (SSSR count). The quantitative estimate of drug-likeness (QED) is 0.0222. The molecule has 87 heavy (non-hydrogen) atoms. The zero-order valence-corrected chi connectivity index (χ0v) is 57.9. The van der Waals surface area contributed by atoms with E-state index in [2.05, 4.69) is 34.6 Å². The van der Waals surface area contributed by atoms with E-state index in [1.807, 2.05) is 0 Å². The third-order valence-corrected chi connectivity index (χ3v) is 17.7. The number of unbranched alkanes of at least 4 members (excludes halogenated alkanes) is 40. The second-order valence-corrected chi connectivity index (χ2v) is 27.9. The Morgan fingerprint density at radius 2 is 0.529 bits per heavy atom. The minimum absolute atomic E-state index is 0.107. The molecule has 0 aromatic carbocycles. The zero-order chi connectivity index (χ0) is 64.2. The summed E-state index contributed by atoms with van der Waals surface area (Å²) in [5.74, 6) is -1.40. The first-order chi connectivity index (χ1) is 42.0. The van der Waals surface area contributed by atoms with E-state index in [0.29, 0.717) is 25.7 Å². The fourth-order valence-electron chi connectivity index (χ4n) is 10.3. The van der Waals surface area contributed by atoms with Gasteiger partial charge in [0, 0.05) is 25.7 Å². The molecule has 516 valence electrons. The standard InChI is InChI=1S/C68H132O17P2/c1-6-9-12-15-18-21-23-24-25-26-27-28-30-32-39-44-49-54-68(73)85-64(58-79-66(71)52-47-42-37-34-33-35-40-45-50-61(4)5)60-83-87(76,77)81-56-62(69)55-80-86(74,75)82-59-63(57-78-65(70)51-46-41-36-20-17-14-11-8-3)84-67(72)53-48-43-38-31-29-22-19-16-13-10-7-2/h61-64,69H,6-60H2,1-5H3,(H,74,75)(H,76,77)/t62-,63+,64+/m0/s1. The van der Waals surface area contributed by atoms with Crippen LogP contribution in [0.4, 0.5) is 0 Å². The Balaban J connectivity index is 5.20. The lowest BCUT2D eigenvalue weighted by atomic mass is 10.0. The molecule has 0 saturated heterocycles. The van der Waals surface area contributed by atoms with E-state index >= 15 is 0 Å². The second kappa shape index (κ2) is 61.6. The van der Waals surface area contributed by atoms with Gasteiger partial charge in [0.1, 0.15) is 19.3 Å². The van der Waals surface area contributed by atoms with Gasteiger partial charge in [0.15, 0.2) is 12.2 Å². The van der Waals surface area contributed by atoms with Crippen molar-refractivity contribution in [1.29, 1.82) is 0 Å². The lowest BCUT2D eigenvalue weighted by Crippen LogP contribution is -2.30. The van der Waals surface area contributed by atoms with Gasteiger partial charge in [-0.15, -0.1) is 0 Å². The highest BCUT2D eigenvalue weighted by Gasteiger charge is 2.30. The van der Waals surface area contributed by atoms with E-state index in [4.69, 9.17) is 37.0 Å². The molecule has 2 unspecified atom stereocenters. The Morgan fingerprint density at radius 1 is 0.310 bits per heavy atom. The first-order valence-corrected chi connectivity index (χ1v) is 38.6. The van der Waals surface area contributed by atoms with Crippen LogP contribution in [0.25, 0.3) is 0 Å². The van der Waals surface area contributed by atoms with Crippen molar-refractivity contribution in [2.45, 2.75) is 368 Å². The van der Waals surface area contributed by atoms with E-state index in [1.54, 1.807) is 0 Å². The number of phosphoric acid groups is 2. The lowest BCUT2D eigenvalue weighted by Gasteiger charge is -2.21. The van der Waals surface area contributed by atoms with Gasteiger partial charge in [-0.3, -0.25) is 37.3 Å². The van der Waals surface area contributed by atoms with Crippen molar-refractivity contribution < 1.29 is 80.2 Å². The van der Waals surface area contributed by atoms with E-state index in [9.17, 15) is 43.2 Å². The van der Waals surface area contributed by atoms with Crippen molar-refractivity contribution in [3.8, 4) is 0 Å². The van der Waals surface area contributed by atoms with Crippen molar-refractivity contribution in [3.63, 3.8) is 0 Å². The first kappa shape index (κ1) is 85.1. The Morgan fingerprint density at radius 3 is 0.782 bits per heavy atom. The van der Waals surface area contributed by atoms with Gasteiger partial charge in [0.2, 0.25) is 0 Å². The number of ether oxygens (including phenoxy) is 4. The van der Waals surface area contributed by atoms with Crippen LogP contribution in [0.1, 0.15) is 349 Å². The maximum Gasteiger partial charge on any atom is 0.472 e. The van der Waals surface area contributed by atoms with Crippen LogP contribution in [0.5, 0.6) is 0 Å². The molecule has 0 fully saturated rings. The minimum Gasteiger partial charge on any atom is -0.462 e. The number of aliphatic hydroxyl groups excluding tert-OH is 1. The smallest absolute Gasteiger partial charge is 0.462 e. The van der Waals surface area contributed by atoms with E-state index in [1.165, 1.54) is 167 Å². The number of hydrogen-bond donors (Lipinski definition) is 3. The molecular weight excluding hydrogens is 1150 g/mol. The van der Waals surface area contributed by atoms with Crippen LogP contribution < -0.4 is 0 Å². The molecule has 0 aromatic heterocycles. The normalized spacial score (nSPS) is 14.1. The Hall–Kier alpha value is -1.94. The van der Waals surface area contributed by atoms with Crippen molar-refractivity contribution in [3.05, 3.63) is 0 Å². The van der Waals surface area contributed by atoms with E-state index in [-0.39, 0.29) is 25.7 Å². The van der Waals surface area contributed by atoms with Gasteiger partial charge >= 0.3 is 39.5 Å². The molecule has 0 spiro atoms. The summed E-state index contributed by atoms with van der Waals surface area (Å²) >= 11 is 0. The topological polar surface area (TPSA) is 237 Å². The highest BCUT2D eigenvalue weighted by Crippen LogP contribution is 2.45. The summed E-state index contributed by atoms with van der Waals surface area (Å²) in [6.45, 7) is 7.17. The molecule has 5 atom stereocenters. The minimum atomic E-state index is -4.95. The van der Waals surface area contributed by atoms with Crippen molar-refractivity contribution in [2.75, 3.05) is 39.6 Å². The van der Waals surface area contributed by atoms with Crippen LogP contribution in [0.2, 0.25) is 0 Å². The highest BCUT2D eigenvalue weighted by molar-refractivity contribution is 7.47. The number of rotatable bonds is 68. The molecule has 3 N–H and O–H groups in total. The predicted octanol–water partition coefficient (Wildman–Crippen LogP) is 19.4. The number of carbonyl (C=O) groups is 4. The lowest BCUT2D eigenvalue weighted by molar-refractivity contribution is -0.161. The first-order valence-electron chi connectivity index (χ1n) is 35.6. The van der Waals surface area contributed by atoms with Crippen LogP contribution in [0, 0.1) is 5.92 Å². The molecule has 0 aliphatic rings. The van der Waals surface area contributed by atoms with Gasteiger partial charge in [-0.2, -0.15) is 0 Å². The van der Waals surface area contributed by atoms with Gasteiger partial charge in [-0.1, -0.05) is 298 Å². The van der Waals surface area contributed by atoms with Gasteiger partial charge < -0.3 is 33.8 Å². The summed E-state index contributed by atoms with van der Waals surface area (Å²) in [5, 5.41) is 10.6. The summed E-state index contributed by atoms with van der Waals surface area (Å²) in [6.07, 6.45) is 47.2. The molecule has 0 aromatic rings. The molecule has 0 aliphatic carbocycles. The van der Waals surface area contributed by atoms with Gasteiger partial charge in [0.25, 0.3) is 0 Å². The summed E-state index contributed by atoms with van der Waals surface area (Å²) in [6, 6.07) is 0. The SMILES string of the molecule is CCCCCCCCCCCCCCCCCCCC(=O)O[C@H](COC(=O)CCCCCCCCCCC(C)C)COP(=O)(O)OC[C@@H](O)COP(=O)(O)OC[C@@H](COC(=O)CCCCCCCCCC)OC(=O)CCCCCCCCCCCCC. The highest BCUT2D eigenvalue weighted by atomic mass is 31.2. The number of phosphoric ester groups is 2. The average Bonchev–Trinajstić information content (AvgIpc) is 3.71. The average molecular weight is 1280 g/mol. The maximum absolute atomic E-state index is 13.0. The summed E-state index contributed by atoms with van der Waals surface area (Å²) in [4.78, 5) is 72.3. The molecule has 0 saturated carbocycles. The summed E-state index contributed by atoms with van der Waals surface area (Å²) in [5.41, 5.74) is 0. The molecule has 0 bridgehead atoms. The van der Waals surface area contributed by atoms with Crippen LogP contribution >= 0.6 is 15.6 Å². The fraction of sp³-hybridized carbons (Fsp3) is 0.941. The number of hydrogen-bond acceptors (Lipinski definition) is 15. The summed E-state index contributed by atoms with van der Waals surface area (Å²) < 4.78 is 68.1. The summed E-state index contributed by atoms with van der Waals surface area (Å²) in [7, 11) is -9.89. The molecule has 17 nitrogen and oxygen atoms in total. The van der Waals surface area contributed by atoms with Crippen molar-refractivity contribution in [1.82, 2.24) is 0 Å². The third-order valence-electron chi connectivity index (χ3n) is 15.8. The molecular formula is C68H132O17P2. The Labute approximate surface area is 530 Å². The molecule has 19 heteroatoms. The molecule has 0 radical (unpaired) electrons. The molecule has 0 heterocycles. The van der Waals surface area contributed by atoms with Crippen LogP contribution in [0.15, 0.2) is 0 Å². The zero-order valence-electron chi connectivity index (χ0n) is 56.2. The Kier molecular flexibility index (Phi) is 60.2. The number of esters is 4. The predicted molar refractivity (Wildman–Crippen MR) is 349 cm³/mol. The molecule has 0 aliphatic heterocycles. The number of carbonyl (C=O) groups excluding carboxylic acids is 4. The van der Waals surface area contributed by atoms with Crippen LogP contribution in [0.3, 0.4) is 0 Å². The second-order valence-electron chi connectivity index (χ2n) is 25.0. The number of aliphatic hydroxyl groups is 1. The monoisotopic (exact) mass is 1280 g/mol. The van der Waals surface area contributed by atoms with Crippen molar-refractivity contribution >= 4 is 39.5 Å².